The van der Waals surface area contributed by atoms with E-state index in [1.54, 1.807) is 19.9 Å². The molecule has 2 N–H and O–H groups in total. The largest absolute Gasteiger partial charge is 0.360 e. The first-order valence-corrected chi connectivity index (χ1v) is 8.84. The third kappa shape index (κ3) is 5.24. The number of piperidine rings is 1. The highest BCUT2D eigenvalue weighted by atomic mass is 32.2. The van der Waals surface area contributed by atoms with E-state index in [0.717, 1.165) is 25.9 Å². The Labute approximate surface area is 140 Å². The van der Waals surface area contributed by atoms with Crippen LogP contribution in [0, 0.1) is 6.92 Å². The van der Waals surface area contributed by atoms with Crippen molar-refractivity contribution < 1.29 is 14.1 Å². The van der Waals surface area contributed by atoms with Gasteiger partial charge in [-0.05, 0) is 39.8 Å². The molecular formula is C15H24N4O3S. The van der Waals surface area contributed by atoms with Crippen molar-refractivity contribution in [1.82, 2.24) is 15.4 Å². The second-order valence-electron chi connectivity index (χ2n) is 5.75. The van der Waals surface area contributed by atoms with Gasteiger partial charge in [0.25, 0.3) is 0 Å². The topological polar surface area (TPSA) is 87.5 Å². The van der Waals surface area contributed by atoms with E-state index < -0.39 is 0 Å². The molecule has 2 heterocycles. The molecule has 23 heavy (non-hydrogen) atoms. The molecule has 1 aromatic rings. The van der Waals surface area contributed by atoms with Gasteiger partial charge < -0.3 is 20.1 Å². The number of aromatic nitrogens is 1. The van der Waals surface area contributed by atoms with Gasteiger partial charge in [0.05, 0.1) is 11.0 Å². The SMILES string of the molecule is Cc1cc(NC(=O)C(C)SCC(=O)N(C)C2CCNCC2)no1. The zero-order valence-corrected chi connectivity index (χ0v) is 14.6. The van der Waals surface area contributed by atoms with Gasteiger partial charge in [-0.15, -0.1) is 11.8 Å². The number of nitrogens with one attached hydrogen (secondary N) is 2. The van der Waals surface area contributed by atoms with Gasteiger partial charge >= 0.3 is 0 Å². The maximum Gasteiger partial charge on any atom is 0.238 e. The van der Waals surface area contributed by atoms with Gasteiger partial charge in [-0.2, -0.15) is 0 Å². The van der Waals surface area contributed by atoms with E-state index in [0.29, 0.717) is 23.4 Å². The molecular weight excluding hydrogens is 316 g/mol. The second kappa shape index (κ2) is 8.35. The van der Waals surface area contributed by atoms with E-state index in [2.05, 4.69) is 15.8 Å². The summed E-state index contributed by atoms with van der Waals surface area (Å²) in [4.78, 5) is 26.1. The zero-order valence-electron chi connectivity index (χ0n) is 13.8. The first kappa shape index (κ1) is 17.8. The fourth-order valence-electron chi connectivity index (χ4n) is 2.42. The zero-order chi connectivity index (χ0) is 16.8. The molecule has 1 saturated heterocycles. The van der Waals surface area contributed by atoms with Gasteiger partial charge in [0.15, 0.2) is 5.82 Å². The van der Waals surface area contributed by atoms with Crippen LogP contribution in [0.4, 0.5) is 5.82 Å². The highest BCUT2D eigenvalue weighted by Crippen LogP contribution is 2.17. The predicted molar refractivity (Wildman–Crippen MR) is 90.5 cm³/mol. The second-order valence-corrected chi connectivity index (χ2v) is 7.08. The van der Waals surface area contributed by atoms with Crippen molar-refractivity contribution in [1.29, 1.82) is 0 Å². The molecule has 1 aromatic heterocycles. The van der Waals surface area contributed by atoms with Gasteiger partial charge in [0.2, 0.25) is 11.8 Å². The van der Waals surface area contributed by atoms with Gasteiger partial charge in [-0.1, -0.05) is 5.16 Å². The Kier molecular flexibility index (Phi) is 6.47. The van der Waals surface area contributed by atoms with Crippen LogP contribution in [0.1, 0.15) is 25.5 Å². The third-order valence-corrected chi connectivity index (χ3v) is 5.08. The number of thioether (sulfide) groups is 1. The molecule has 1 fully saturated rings. The molecule has 1 unspecified atom stereocenters. The Balaban J connectivity index is 1.75. The van der Waals surface area contributed by atoms with Crippen molar-refractivity contribution in [3.8, 4) is 0 Å². The summed E-state index contributed by atoms with van der Waals surface area (Å²) in [6.45, 7) is 5.44. The summed E-state index contributed by atoms with van der Waals surface area (Å²) in [6, 6.07) is 1.96. The van der Waals surface area contributed by atoms with Gasteiger partial charge in [-0.25, -0.2) is 0 Å². The summed E-state index contributed by atoms with van der Waals surface area (Å²) >= 11 is 1.33. The van der Waals surface area contributed by atoms with Crippen molar-refractivity contribution in [3.63, 3.8) is 0 Å². The van der Waals surface area contributed by atoms with Crippen molar-refractivity contribution in [2.75, 3.05) is 31.2 Å². The maximum atomic E-state index is 12.3. The van der Waals surface area contributed by atoms with Crippen molar-refractivity contribution >= 4 is 29.4 Å². The van der Waals surface area contributed by atoms with Crippen LogP contribution in [0.15, 0.2) is 10.6 Å². The average Bonchev–Trinajstić information content (AvgIpc) is 2.97. The molecule has 8 heteroatoms. The molecule has 0 bridgehead atoms. The summed E-state index contributed by atoms with van der Waals surface area (Å²) in [5.74, 6) is 1.23. The van der Waals surface area contributed by atoms with Crippen LogP contribution in [0.2, 0.25) is 0 Å². The molecule has 0 spiro atoms. The first-order valence-electron chi connectivity index (χ1n) is 7.79. The molecule has 7 nitrogen and oxygen atoms in total. The summed E-state index contributed by atoms with van der Waals surface area (Å²) in [5, 5.41) is 9.36. The van der Waals surface area contributed by atoms with Crippen LogP contribution in [0.3, 0.4) is 0 Å². The minimum Gasteiger partial charge on any atom is -0.360 e. The highest BCUT2D eigenvalue weighted by Gasteiger charge is 2.23. The van der Waals surface area contributed by atoms with Crippen LogP contribution < -0.4 is 10.6 Å². The lowest BCUT2D eigenvalue weighted by molar-refractivity contribution is -0.129. The summed E-state index contributed by atoms with van der Waals surface area (Å²) < 4.78 is 4.90. The van der Waals surface area contributed by atoms with Crippen molar-refractivity contribution in [3.05, 3.63) is 11.8 Å². The third-order valence-electron chi connectivity index (χ3n) is 3.96. The lowest BCUT2D eigenvalue weighted by atomic mass is 10.1. The van der Waals surface area contributed by atoms with Crippen molar-refractivity contribution in [2.45, 2.75) is 38.0 Å². The number of hydrogen-bond donors (Lipinski definition) is 2. The number of amides is 2. The molecule has 1 aliphatic rings. The molecule has 2 rings (SSSR count). The van der Waals surface area contributed by atoms with Crippen molar-refractivity contribution in [2.24, 2.45) is 0 Å². The number of rotatable bonds is 6. The van der Waals surface area contributed by atoms with Crippen LogP contribution in [0.25, 0.3) is 0 Å². The predicted octanol–water partition coefficient (Wildman–Crippen LogP) is 1.25. The van der Waals surface area contributed by atoms with Crippen LogP contribution in [0.5, 0.6) is 0 Å². The number of anilines is 1. The number of hydrogen-bond acceptors (Lipinski definition) is 6. The smallest absolute Gasteiger partial charge is 0.238 e. The normalized spacial score (nSPS) is 16.8. The quantitative estimate of drug-likeness (QED) is 0.810. The summed E-state index contributed by atoms with van der Waals surface area (Å²) in [6.07, 6.45) is 1.96. The number of aryl methyl sites for hydroxylation is 1. The van der Waals surface area contributed by atoms with Gasteiger partial charge in [0.1, 0.15) is 5.76 Å². The molecule has 0 radical (unpaired) electrons. The first-order chi connectivity index (χ1) is 11.0. The van der Waals surface area contributed by atoms with E-state index >= 15 is 0 Å². The van der Waals surface area contributed by atoms with E-state index in [1.807, 2.05) is 11.9 Å². The lowest BCUT2D eigenvalue weighted by Gasteiger charge is -2.31. The Morgan fingerprint density at radius 2 is 2.22 bits per heavy atom. The van der Waals surface area contributed by atoms with Crippen LogP contribution >= 0.6 is 11.8 Å². The number of carbonyl (C=O) groups is 2. The van der Waals surface area contributed by atoms with E-state index in [9.17, 15) is 9.59 Å². The summed E-state index contributed by atoms with van der Waals surface area (Å²) in [5.41, 5.74) is 0. The Morgan fingerprint density at radius 3 is 2.83 bits per heavy atom. The maximum absolute atomic E-state index is 12.3. The van der Waals surface area contributed by atoms with E-state index in [-0.39, 0.29) is 17.1 Å². The minimum absolute atomic E-state index is 0.0684. The van der Waals surface area contributed by atoms with Crippen LogP contribution in [-0.4, -0.2) is 59.1 Å². The number of carbonyl (C=O) groups excluding carboxylic acids is 2. The molecule has 0 saturated carbocycles. The van der Waals surface area contributed by atoms with E-state index in [1.165, 1.54) is 11.8 Å². The van der Waals surface area contributed by atoms with Crippen LogP contribution in [-0.2, 0) is 9.59 Å². The molecule has 128 valence electrons. The lowest BCUT2D eigenvalue weighted by Crippen LogP contribution is -2.44. The summed E-state index contributed by atoms with van der Waals surface area (Å²) in [7, 11) is 1.85. The number of nitrogens with zero attached hydrogens (tertiary/aromatic N) is 2. The monoisotopic (exact) mass is 340 g/mol. The van der Waals surface area contributed by atoms with Gasteiger partial charge in [-0.3, -0.25) is 9.59 Å². The standard InChI is InChI=1S/C15H24N4O3S/c1-10-8-13(18-22-10)17-15(21)11(2)23-9-14(20)19(3)12-4-6-16-7-5-12/h8,11-12,16H,4-7,9H2,1-3H3,(H,17,18,21). The minimum atomic E-state index is -0.336. The molecule has 1 atom stereocenters. The molecule has 0 aliphatic carbocycles. The Morgan fingerprint density at radius 1 is 1.52 bits per heavy atom. The Bertz CT molecular complexity index is 543. The highest BCUT2D eigenvalue weighted by molar-refractivity contribution is 8.01. The van der Waals surface area contributed by atoms with Gasteiger partial charge in [0, 0.05) is 19.2 Å². The molecule has 1 aliphatic heterocycles. The fourth-order valence-corrected chi connectivity index (χ4v) is 3.23. The molecule has 2 amide bonds. The van der Waals surface area contributed by atoms with E-state index in [4.69, 9.17) is 4.52 Å². The average molecular weight is 340 g/mol. The Hall–Kier alpha value is -1.54. The fraction of sp³-hybridized carbons (Fsp3) is 0.667. The molecule has 0 aromatic carbocycles.